The number of esters is 1. The van der Waals surface area contributed by atoms with Crippen LogP contribution >= 0.6 is 0 Å². The molecule has 0 bridgehead atoms. The van der Waals surface area contributed by atoms with E-state index in [1.807, 2.05) is 19.1 Å². The van der Waals surface area contributed by atoms with Crippen LogP contribution in [-0.4, -0.2) is 18.1 Å². The maximum atomic E-state index is 12.3. The summed E-state index contributed by atoms with van der Waals surface area (Å²) in [7, 11) is 1.55. The molecule has 0 spiro atoms. The Labute approximate surface area is 150 Å². The standard InChI is InChI=1S/C20H19NO5/c1-13-16-7-6-15(24-2)11-18(16)26-20(23)17(13)8-9-19(22)25-12-14-5-3-4-10-21-14/h3-7,10-11H,8-9,12H2,1-2H3. The molecule has 0 radical (unpaired) electrons. The second kappa shape index (κ2) is 7.82. The number of carbonyl (C=O) groups excluding carboxylic acids is 1. The summed E-state index contributed by atoms with van der Waals surface area (Å²) in [5, 5.41) is 0.822. The van der Waals surface area contributed by atoms with Crippen LogP contribution < -0.4 is 10.4 Å². The molecule has 3 aromatic rings. The third-order valence-electron chi connectivity index (χ3n) is 4.18. The van der Waals surface area contributed by atoms with E-state index in [4.69, 9.17) is 13.9 Å². The van der Waals surface area contributed by atoms with Crippen molar-refractivity contribution in [1.82, 2.24) is 4.98 Å². The first kappa shape index (κ1) is 17.7. The average Bonchev–Trinajstić information content (AvgIpc) is 2.66. The van der Waals surface area contributed by atoms with Crippen molar-refractivity contribution in [2.75, 3.05) is 7.11 Å². The minimum atomic E-state index is -0.444. The molecule has 0 amide bonds. The van der Waals surface area contributed by atoms with Gasteiger partial charge in [-0.15, -0.1) is 0 Å². The van der Waals surface area contributed by atoms with Crippen LogP contribution in [0.1, 0.15) is 23.2 Å². The molecule has 6 nitrogen and oxygen atoms in total. The van der Waals surface area contributed by atoms with Crippen molar-refractivity contribution in [3.05, 3.63) is 69.8 Å². The zero-order valence-corrected chi connectivity index (χ0v) is 14.7. The van der Waals surface area contributed by atoms with E-state index in [-0.39, 0.29) is 25.4 Å². The van der Waals surface area contributed by atoms with Crippen LogP contribution in [0, 0.1) is 6.92 Å². The third-order valence-corrected chi connectivity index (χ3v) is 4.18. The van der Waals surface area contributed by atoms with Crippen LogP contribution in [0.3, 0.4) is 0 Å². The molecule has 2 heterocycles. The lowest BCUT2D eigenvalue weighted by Crippen LogP contribution is -2.14. The zero-order valence-electron chi connectivity index (χ0n) is 14.7. The predicted octanol–water partition coefficient (Wildman–Crippen LogP) is 3.18. The quantitative estimate of drug-likeness (QED) is 0.500. The fourth-order valence-electron chi connectivity index (χ4n) is 2.73. The number of carbonyl (C=O) groups is 1. The first-order valence-corrected chi connectivity index (χ1v) is 8.24. The van der Waals surface area contributed by atoms with E-state index >= 15 is 0 Å². The van der Waals surface area contributed by atoms with Crippen molar-refractivity contribution in [3.63, 3.8) is 0 Å². The Balaban J connectivity index is 1.70. The molecule has 1 aromatic carbocycles. The molecule has 0 unspecified atom stereocenters. The van der Waals surface area contributed by atoms with E-state index in [0.29, 0.717) is 22.6 Å². The van der Waals surface area contributed by atoms with E-state index in [1.54, 1.807) is 37.6 Å². The van der Waals surface area contributed by atoms with Gasteiger partial charge in [0.25, 0.3) is 0 Å². The Kier molecular flexibility index (Phi) is 5.31. The highest BCUT2D eigenvalue weighted by molar-refractivity contribution is 5.82. The number of ether oxygens (including phenoxy) is 2. The average molecular weight is 353 g/mol. The van der Waals surface area contributed by atoms with Gasteiger partial charge in [0.2, 0.25) is 0 Å². The van der Waals surface area contributed by atoms with Gasteiger partial charge in [-0.1, -0.05) is 6.07 Å². The van der Waals surface area contributed by atoms with Gasteiger partial charge in [-0.2, -0.15) is 0 Å². The van der Waals surface area contributed by atoms with Gasteiger partial charge in [0.1, 0.15) is 17.9 Å². The van der Waals surface area contributed by atoms with Crippen LogP contribution in [-0.2, 0) is 22.6 Å². The second-order valence-electron chi connectivity index (χ2n) is 5.84. The normalized spacial score (nSPS) is 10.7. The maximum absolute atomic E-state index is 12.3. The van der Waals surface area contributed by atoms with Gasteiger partial charge in [0, 0.05) is 29.6 Å². The topological polar surface area (TPSA) is 78.6 Å². The first-order valence-electron chi connectivity index (χ1n) is 8.24. The van der Waals surface area contributed by atoms with Gasteiger partial charge >= 0.3 is 11.6 Å². The van der Waals surface area contributed by atoms with E-state index in [0.717, 1.165) is 10.9 Å². The molecule has 0 atom stereocenters. The smallest absolute Gasteiger partial charge is 0.339 e. The van der Waals surface area contributed by atoms with Crippen molar-refractivity contribution in [2.24, 2.45) is 0 Å². The van der Waals surface area contributed by atoms with E-state index < -0.39 is 5.63 Å². The number of fused-ring (bicyclic) bond motifs is 1. The van der Waals surface area contributed by atoms with Gasteiger partial charge < -0.3 is 13.9 Å². The van der Waals surface area contributed by atoms with E-state index in [2.05, 4.69) is 4.98 Å². The Morgan fingerprint density at radius 2 is 2.08 bits per heavy atom. The molecule has 3 rings (SSSR count). The van der Waals surface area contributed by atoms with Gasteiger partial charge in [-0.3, -0.25) is 9.78 Å². The molecule has 0 saturated carbocycles. The van der Waals surface area contributed by atoms with Crippen LogP contribution in [0.15, 0.2) is 51.8 Å². The second-order valence-corrected chi connectivity index (χ2v) is 5.84. The largest absolute Gasteiger partial charge is 0.497 e. The summed E-state index contributed by atoms with van der Waals surface area (Å²) in [4.78, 5) is 28.3. The molecule has 0 aliphatic carbocycles. The Morgan fingerprint density at radius 1 is 1.23 bits per heavy atom. The molecule has 0 aliphatic heterocycles. The summed E-state index contributed by atoms with van der Waals surface area (Å²) in [6.07, 6.45) is 2.00. The SMILES string of the molecule is COc1ccc2c(C)c(CCC(=O)OCc3ccccn3)c(=O)oc2c1. The molecule has 0 N–H and O–H groups in total. The van der Waals surface area contributed by atoms with Crippen molar-refractivity contribution < 1.29 is 18.7 Å². The number of aromatic nitrogens is 1. The number of hydrogen-bond donors (Lipinski definition) is 0. The fraction of sp³-hybridized carbons (Fsp3) is 0.250. The lowest BCUT2D eigenvalue weighted by molar-refractivity contribution is -0.145. The van der Waals surface area contributed by atoms with Crippen molar-refractivity contribution >= 4 is 16.9 Å². The number of nitrogens with zero attached hydrogens (tertiary/aromatic N) is 1. The molecule has 6 heteroatoms. The summed E-state index contributed by atoms with van der Waals surface area (Å²) in [5.41, 5.74) is 1.99. The van der Waals surface area contributed by atoms with E-state index in [1.165, 1.54) is 0 Å². The Bertz CT molecular complexity index is 979. The van der Waals surface area contributed by atoms with Crippen molar-refractivity contribution in [2.45, 2.75) is 26.4 Å². The molecule has 0 aliphatic rings. The lowest BCUT2D eigenvalue weighted by atomic mass is 10.0. The summed E-state index contributed by atoms with van der Waals surface area (Å²) in [6, 6.07) is 10.7. The van der Waals surface area contributed by atoms with Crippen LogP contribution in [0.2, 0.25) is 0 Å². The molecule has 26 heavy (non-hydrogen) atoms. The maximum Gasteiger partial charge on any atom is 0.339 e. The number of rotatable bonds is 6. The molecule has 0 fully saturated rings. The summed E-state index contributed by atoms with van der Waals surface area (Å²) in [5.74, 6) is 0.232. The predicted molar refractivity (Wildman–Crippen MR) is 96.1 cm³/mol. The summed E-state index contributed by atoms with van der Waals surface area (Å²) >= 11 is 0. The van der Waals surface area contributed by atoms with Crippen LogP contribution in [0.25, 0.3) is 11.0 Å². The molecule has 2 aromatic heterocycles. The fourth-order valence-corrected chi connectivity index (χ4v) is 2.73. The van der Waals surface area contributed by atoms with Gasteiger partial charge in [0.15, 0.2) is 0 Å². The minimum absolute atomic E-state index is 0.0973. The molecular weight excluding hydrogens is 334 g/mol. The molecular formula is C20H19NO5. The number of pyridine rings is 1. The number of methoxy groups -OCH3 is 1. The van der Waals surface area contributed by atoms with Crippen LogP contribution in [0.5, 0.6) is 5.75 Å². The molecule has 0 saturated heterocycles. The lowest BCUT2D eigenvalue weighted by Gasteiger charge is -2.09. The summed E-state index contributed by atoms with van der Waals surface area (Å²) < 4.78 is 15.7. The van der Waals surface area contributed by atoms with Crippen LogP contribution in [0.4, 0.5) is 0 Å². The van der Waals surface area contributed by atoms with Crippen molar-refractivity contribution in [1.29, 1.82) is 0 Å². The van der Waals surface area contributed by atoms with Crippen molar-refractivity contribution in [3.8, 4) is 5.75 Å². The van der Waals surface area contributed by atoms with E-state index in [9.17, 15) is 9.59 Å². The number of benzene rings is 1. The summed E-state index contributed by atoms with van der Waals surface area (Å²) in [6.45, 7) is 1.96. The van der Waals surface area contributed by atoms with Gasteiger partial charge in [-0.05, 0) is 43.2 Å². The Morgan fingerprint density at radius 3 is 2.81 bits per heavy atom. The monoisotopic (exact) mass is 353 g/mol. The number of hydrogen-bond acceptors (Lipinski definition) is 6. The Hall–Kier alpha value is -3.15. The number of aryl methyl sites for hydroxylation is 1. The minimum Gasteiger partial charge on any atom is -0.497 e. The first-order chi connectivity index (χ1) is 12.6. The highest BCUT2D eigenvalue weighted by Gasteiger charge is 2.14. The molecule has 134 valence electrons. The van der Waals surface area contributed by atoms with Gasteiger partial charge in [0.05, 0.1) is 12.8 Å². The highest BCUT2D eigenvalue weighted by atomic mass is 16.5. The van der Waals surface area contributed by atoms with Gasteiger partial charge in [-0.25, -0.2) is 4.79 Å². The zero-order chi connectivity index (χ0) is 18.5. The third kappa shape index (κ3) is 3.91. The highest BCUT2D eigenvalue weighted by Crippen LogP contribution is 2.24.